The van der Waals surface area contributed by atoms with Gasteiger partial charge < -0.3 is 15.8 Å². The lowest BCUT2D eigenvalue weighted by Gasteiger charge is -2.19. The monoisotopic (exact) mass is 308 g/mol. The molecule has 3 nitrogen and oxygen atoms in total. The van der Waals surface area contributed by atoms with Crippen LogP contribution in [0, 0.1) is 5.82 Å². The molecule has 0 aliphatic rings. The average molecular weight is 309 g/mol. The van der Waals surface area contributed by atoms with Gasteiger partial charge in [-0.15, -0.1) is 0 Å². The average Bonchev–Trinajstić information content (AvgIpc) is 2.44. The molecule has 2 aromatic carbocycles. The Morgan fingerprint density at radius 3 is 2.76 bits per heavy atom. The Balaban J connectivity index is 2.21. The van der Waals surface area contributed by atoms with Gasteiger partial charge in [-0.1, -0.05) is 35.9 Å². The Bertz CT molecular complexity index is 586. The molecule has 21 heavy (non-hydrogen) atoms. The van der Waals surface area contributed by atoms with E-state index in [9.17, 15) is 4.39 Å². The third-order valence-electron chi connectivity index (χ3n) is 3.10. The standard InChI is InChI=1S/C16H18ClFN2O/c1-21-10-11-3-2-4-12(5-11)16(9-19)20-15-7-13(17)6-14(18)8-15/h2-8,16,20H,9-10,19H2,1H3. The highest BCUT2D eigenvalue weighted by atomic mass is 35.5. The molecule has 0 radical (unpaired) electrons. The van der Waals surface area contributed by atoms with Crippen molar-refractivity contribution in [2.45, 2.75) is 12.6 Å². The SMILES string of the molecule is COCc1cccc(C(CN)Nc2cc(F)cc(Cl)c2)c1. The summed E-state index contributed by atoms with van der Waals surface area (Å²) in [6.45, 7) is 0.918. The van der Waals surface area contributed by atoms with Crippen molar-refractivity contribution in [3.05, 3.63) is 64.4 Å². The van der Waals surface area contributed by atoms with Gasteiger partial charge in [-0.05, 0) is 29.3 Å². The molecule has 0 saturated carbocycles. The van der Waals surface area contributed by atoms with Crippen molar-refractivity contribution < 1.29 is 9.13 Å². The summed E-state index contributed by atoms with van der Waals surface area (Å²) < 4.78 is 18.5. The van der Waals surface area contributed by atoms with E-state index in [0.717, 1.165) is 11.1 Å². The molecule has 1 unspecified atom stereocenters. The fraction of sp³-hybridized carbons (Fsp3) is 0.250. The van der Waals surface area contributed by atoms with Crippen LogP contribution in [-0.2, 0) is 11.3 Å². The van der Waals surface area contributed by atoms with Crippen LogP contribution in [0.5, 0.6) is 0 Å². The first kappa shape index (κ1) is 15.8. The highest BCUT2D eigenvalue weighted by molar-refractivity contribution is 6.30. The fourth-order valence-corrected chi connectivity index (χ4v) is 2.40. The number of hydrogen-bond donors (Lipinski definition) is 2. The molecule has 0 bridgehead atoms. The van der Waals surface area contributed by atoms with Gasteiger partial charge in [0.1, 0.15) is 5.82 Å². The maximum Gasteiger partial charge on any atom is 0.126 e. The third-order valence-corrected chi connectivity index (χ3v) is 3.32. The normalized spacial score (nSPS) is 12.2. The van der Waals surface area contributed by atoms with Gasteiger partial charge in [0.05, 0.1) is 12.6 Å². The predicted molar refractivity (Wildman–Crippen MR) is 84.0 cm³/mol. The van der Waals surface area contributed by atoms with Crippen molar-refractivity contribution in [1.29, 1.82) is 0 Å². The maximum absolute atomic E-state index is 13.4. The number of nitrogens with two attached hydrogens (primary N) is 1. The van der Waals surface area contributed by atoms with Crippen LogP contribution in [0.4, 0.5) is 10.1 Å². The van der Waals surface area contributed by atoms with Gasteiger partial charge in [0, 0.05) is 24.4 Å². The molecule has 5 heteroatoms. The molecule has 2 rings (SSSR count). The summed E-state index contributed by atoms with van der Waals surface area (Å²) in [5, 5.41) is 3.55. The number of nitrogens with one attached hydrogen (secondary N) is 1. The zero-order valence-electron chi connectivity index (χ0n) is 11.8. The van der Waals surface area contributed by atoms with Crippen molar-refractivity contribution in [3.8, 4) is 0 Å². The van der Waals surface area contributed by atoms with E-state index in [1.54, 1.807) is 13.2 Å². The highest BCUT2D eigenvalue weighted by Crippen LogP contribution is 2.23. The summed E-state index contributed by atoms with van der Waals surface area (Å²) in [4.78, 5) is 0. The second kappa shape index (κ2) is 7.41. The Labute approximate surface area is 128 Å². The molecule has 1 atom stereocenters. The van der Waals surface area contributed by atoms with Crippen molar-refractivity contribution >= 4 is 17.3 Å². The molecule has 3 N–H and O–H groups in total. The number of rotatable bonds is 6. The first-order valence-corrected chi connectivity index (χ1v) is 7.00. The quantitative estimate of drug-likeness (QED) is 0.854. The molecule has 0 aromatic heterocycles. The van der Waals surface area contributed by atoms with Crippen LogP contribution in [0.15, 0.2) is 42.5 Å². The van der Waals surface area contributed by atoms with Crippen LogP contribution in [0.1, 0.15) is 17.2 Å². The Hall–Kier alpha value is -1.62. The zero-order valence-corrected chi connectivity index (χ0v) is 12.5. The van der Waals surface area contributed by atoms with E-state index in [0.29, 0.717) is 23.9 Å². The summed E-state index contributed by atoms with van der Waals surface area (Å²) in [5.41, 5.74) is 8.52. The van der Waals surface area contributed by atoms with Gasteiger partial charge in [0.25, 0.3) is 0 Å². The summed E-state index contributed by atoms with van der Waals surface area (Å²) in [6.07, 6.45) is 0. The van der Waals surface area contributed by atoms with Gasteiger partial charge in [0.15, 0.2) is 0 Å². The van der Waals surface area contributed by atoms with Crippen molar-refractivity contribution in [2.75, 3.05) is 19.0 Å². The second-order valence-electron chi connectivity index (χ2n) is 4.77. The lowest BCUT2D eigenvalue weighted by Crippen LogP contribution is -2.20. The van der Waals surface area contributed by atoms with Crippen LogP contribution in [-0.4, -0.2) is 13.7 Å². The van der Waals surface area contributed by atoms with Gasteiger partial charge in [-0.25, -0.2) is 4.39 Å². The third kappa shape index (κ3) is 4.43. The molecular formula is C16H18ClFN2O. The van der Waals surface area contributed by atoms with Gasteiger partial charge in [-0.3, -0.25) is 0 Å². The lowest BCUT2D eigenvalue weighted by atomic mass is 10.0. The van der Waals surface area contributed by atoms with Gasteiger partial charge in [0.2, 0.25) is 0 Å². The first-order valence-electron chi connectivity index (χ1n) is 6.63. The zero-order chi connectivity index (χ0) is 15.2. The maximum atomic E-state index is 13.4. The number of anilines is 1. The molecule has 0 aliphatic heterocycles. The topological polar surface area (TPSA) is 47.3 Å². The van der Waals surface area contributed by atoms with Gasteiger partial charge in [-0.2, -0.15) is 0 Å². The Morgan fingerprint density at radius 1 is 1.29 bits per heavy atom. The Morgan fingerprint density at radius 2 is 2.10 bits per heavy atom. The van der Waals surface area contributed by atoms with Crippen LogP contribution in [0.2, 0.25) is 5.02 Å². The van der Waals surface area contributed by atoms with Crippen molar-refractivity contribution in [1.82, 2.24) is 0 Å². The van der Waals surface area contributed by atoms with Crippen LogP contribution in [0.3, 0.4) is 0 Å². The van der Waals surface area contributed by atoms with Gasteiger partial charge >= 0.3 is 0 Å². The lowest BCUT2D eigenvalue weighted by molar-refractivity contribution is 0.185. The predicted octanol–water partition coefficient (Wildman–Crippen LogP) is 3.74. The molecule has 0 amide bonds. The summed E-state index contributed by atoms with van der Waals surface area (Å²) in [5.74, 6) is -0.381. The van der Waals surface area contributed by atoms with Crippen molar-refractivity contribution in [2.24, 2.45) is 5.73 Å². The minimum atomic E-state index is -0.381. The number of benzene rings is 2. The van der Waals surface area contributed by atoms with Crippen LogP contribution < -0.4 is 11.1 Å². The van der Waals surface area contributed by atoms with E-state index < -0.39 is 0 Å². The largest absolute Gasteiger partial charge is 0.380 e. The minimum Gasteiger partial charge on any atom is -0.380 e. The van der Waals surface area contributed by atoms with E-state index in [2.05, 4.69) is 5.32 Å². The molecule has 0 fully saturated rings. The highest BCUT2D eigenvalue weighted by Gasteiger charge is 2.11. The molecule has 0 heterocycles. The minimum absolute atomic E-state index is 0.125. The molecular weight excluding hydrogens is 291 g/mol. The van der Waals surface area contributed by atoms with E-state index in [-0.39, 0.29) is 11.9 Å². The summed E-state index contributed by atoms with van der Waals surface area (Å²) >= 11 is 5.86. The van der Waals surface area contributed by atoms with E-state index in [1.807, 2.05) is 24.3 Å². The van der Waals surface area contributed by atoms with E-state index in [1.165, 1.54) is 12.1 Å². The molecule has 0 saturated heterocycles. The number of hydrogen-bond acceptors (Lipinski definition) is 3. The van der Waals surface area contributed by atoms with E-state index >= 15 is 0 Å². The molecule has 112 valence electrons. The number of ether oxygens (including phenoxy) is 1. The molecule has 2 aromatic rings. The number of methoxy groups -OCH3 is 1. The molecule has 0 spiro atoms. The summed E-state index contributed by atoms with van der Waals surface area (Å²) in [6, 6.07) is 12.1. The first-order chi connectivity index (χ1) is 10.1. The van der Waals surface area contributed by atoms with Crippen LogP contribution in [0.25, 0.3) is 0 Å². The second-order valence-corrected chi connectivity index (χ2v) is 5.21. The van der Waals surface area contributed by atoms with E-state index in [4.69, 9.17) is 22.1 Å². The smallest absolute Gasteiger partial charge is 0.126 e. The molecule has 0 aliphatic carbocycles. The fourth-order valence-electron chi connectivity index (χ4n) is 2.18. The summed E-state index contributed by atoms with van der Waals surface area (Å²) in [7, 11) is 1.65. The number of halogens is 2. The Kier molecular flexibility index (Phi) is 5.56. The van der Waals surface area contributed by atoms with Crippen LogP contribution >= 0.6 is 11.6 Å². The van der Waals surface area contributed by atoms with Crippen molar-refractivity contribution in [3.63, 3.8) is 0 Å².